The average molecular weight is 499 g/mol. The molecule has 0 bridgehead atoms. The van der Waals surface area contributed by atoms with Crippen molar-refractivity contribution in [3.05, 3.63) is 107 Å². The summed E-state index contributed by atoms with van der Waals surface area (Å²) in [5, 5.41) is 8.35. The highest BCUT2D eigenvalue weighted by molar-refractivity contribution is 6.30. The van der Waals surface area contributed by atoms with Crippen molar-refractivity contribution in [2.24, 2.45) is 0 Å². The molecule has 0 atom stereocenters. The molecular formula is C29H27ClN4O2. The number of aryl methyl sites for hydroxylation is 2. The van der Waals surface area contributed by atoms with Crippen molar-refractivity contribution >= 4 is 29.2 Å². The molecule has 1 N–H and O–H groups in total. The molecule has 2 amide bonds. The van der Waals surface area contributed by atoms with E-state index in [0.29, 0.717) is 36.6 Å². The minimum absolute atomic E-state index is 0.0605. The van der Waals surface area contributed by atoms with Gasteiger partial charge in [-0.15, -0.1) is 0 Å². The lowest BCUT2D eigenvalue weighted by Gasteiger charge is -2.27. The summed E-state index contributed by atoms with van der Waals surface area (Å²) in [6.45, 7) is 1.60. The van der Waals surface area contributed by atoms with Gasteiger partial charge in [-0.3, -0.25) is 14.5 Å². The second kappa shape index (κ2) is 10.8. The molecule has 0 saturated heterocycles. The van der Waals surface area contributed by atoms with Gasteiger partial charge < -0.3 is 5.32 Å². The molecule has 1 aromatic heterocycles. The lowest BCUT2D eigenvalue weighted by atomic mass is 10.1. The van der Waals surface area contributed by atoms with Crippen molar-refractivity contribution in [3.8, 4) is 11.3 Å². The number of nitrogens with one attached hydrogen (secondary N) is 1. The van der Waals surface area contributed by atoms with E-state index in [0.717, 1.165) is 35.5 Å². The molecule has 1 aliphatic heterocycles. The van der Waals surface area contributed by atoms with E-state index >= 15 is 0 Å². The van der Waals surface area contributed by atoms with Crippen LogP contribution in [0.5, 0.6) is 0 Å². The predicted octanol–water partition coefficient (Wildman–Crippen LogP) is 5.50. The second-order valence-electron chi connectivity index (χ2n) is 8.89. The summed E-state index contributed by atoms with van der Waals surface area (Å²) in [5.74, 6) is 0.746. The van der Waals surface area contributed by atoms with E-state index in [4.69, 9.17) is 16.7 Å². The SMILES string of the molecule is O=C(NCCCc1ccccc1)c1ccc(CN2C(=O)CCn3nc(-c4ccc(Cl)cc4)cc32)cc1. The molecule has 1 aliphatic rings. The monoisotopic (exact) mass is 498 g/mol. The van der Waals surface area contributed by atoms with Crippen LogP contribution in [0, 0.1) is 0 Å². The van der Waals surface area contributed by atoms with Crippen LogP contribution in [0.3, 0.4) is 0 Å². The van der Waals surface area contributed by atoms with Gasteiger partial charge in [-0.2, -0.15) is 5.10 Å². The molecule has 0 spiro atoms. The van der Waals surface area contributed by atoms with E-state index in [-0.39, 0.29) is 11.8 Å². The van der Waals surface area contributed by atoms with Crippen molar-refractivity contribution in [2.45, 2.75) is 32.4 Å². The molecule has 6 nitrogen and oxygen atoms in total. The van der Waals surface area contributed by atoms with Gasteiger partial charge in [-0.1, -0.05) is 66.2 Å². The largest absolute Gasteiger partial charge is 0.352 e. The molecule has 0 saturated carbocycles. The van der Waals surface area contributed by atoms with Gasteiger partial charge in [0.15, 0.2) is 0 Å². The Labute approximate surface area is 215 Å². The normalized spacial score (nSPS) is 12.9. The number of carbonyl (C=O) groups is 2. The summed E-state index contributed by atoms with van der Waals surface area (Å²) in [7, 11) is 0. The fraction of sp³-hybridized carbons (Fsp3) is 0.207. The highest BCUT2D eigenvalue weighted by Gasteiger charge is 2.26. The molecular weight excluding hydrogens is 472 g/mol. The molecule has 7 heteroatoms. The average Bonchev–Trinajstić information content (AvgIpc) is 3.34. The Balaban J connectivity index is 1.21. The lowest BCUT2D eigenvalue weighted by molar-refractivity contribution is -0.119. The standard InChI is InChI=1S/C29H27ClN4O2/c30-25-14-12-23(13-15-25)26-19-27-33(28(35)16-18-34(27)32-26)20-22-8-10-24(11-9-22)29(36)31-17-4-7-21-5-2-1-3-6-21/h1-3,5-6,8-15,19H,4,7,16-18,20H2,(H,31,36). The highest BCUT2D eigenvalue weighted by atomic mass is 35.5. The summed E-state index contributed by atoms with van der Waals surface area (Å²) < 4.78 is 1.88. The molecule has 0 unspecified atom stereocenters. The van der Waals surface area contributed by atoms with Gasteiger partial charge in [-0.05, 0) is 48.2 Å². The van der Waals surface area contributed by atoms with Gasteiger partial charge in [-0.25, -0.2) is 4.68 Å². The smallest absolute Gasteiger partial charge is 0.251 e. The number of carbonyl (C=O) groups excluding carboxylic acids is 2. The highest BCUT2D eigenvalue weighted by Crippen LogP contribution is 2.30. The van der Waals surface area contributed by atoms with E-state index in [2.05, 4.69) is 17.4 Å². The third kappa shape index (κ3) is 5.50. The van der Waals surface area contributed by atoms with Gasteiger partial charge in [0.25, 0.3) is 5.91 Å². The van der Waals surface area contributed by atoms with Crippen LogP contribution in [-0.4, -0.2) is 28.1 Å². The van der Waals surface area contributed by atoms with Crippen molar-refractivity contribution in [2.75, 3.05) is 11.4 Å². The number of amides is 2. The summed E-state index contributed by atoms with van der Waals surface area (Å²) in [6, 6.07) is 27.1. The first kappa shape index (κ1) is 23.8. The predicted molar refractivity (Wildman–Crippen MR) is 142 cm³/mol. The zero-order valence-corrected chi connectivity index (χ0v) is 20.6. The number of benzene rings is 3. The van der Waals surface area contributed by atoms with E-state index in [1.165, 1.54) is 5.56 Å². The fourth-order valence-electron chi connectivity index (χ4n) is 4.37. The fourth-order valence-corrected chi connectivity index (χ4v) is 4.50. The topological polar surface area (TPSA) is 67.2 Å². The maximum absolute atomic E-state index is 12.8. The second-order valence-corrected chi connectivity index (χ2v) is 9.33. The van der Waals surface area contributed by atoms with Crippen molar-refractivity contribution in [1.82, 2.24) is 15.1 Å². The number of halogens is 1. The number of nitrogens with zero attached hydrogens (tertiary/aromatic N) is 3. The summed E-state index contributed by atoms with van der Waals surface area (Å²) in [6.07, 6.45) is 2.22. The first-order valence-electron chi connectivity index (χ1n) is 12.1. The molecule has 0 fully saturated rings. The Hall–Kier alpha value is -3.90. The zero-order chi connectivity index (χ0) is 24.9. The van der Waals surface area contributed by atoms with Crippen LogP contribution in [0.25, 0.3) is 11.3 Å². The Bertz CT molecular complexity index is 1350. The Morgan fingerprint density at radius 2 is 1.69 bits per heavy atom. The number of anilines is 1. The maximum atomic E-state index is 12.8. The van der Waals surface area contributed by atoms with Crippen LogP contribution in [0.1, 0.15) is 34.3 Å². The molecule has 4 aromatic rings. The number of hydrogen-bond acceptors (Lipinski definition) is 3. The molecule has 0 radical (unpaired) electrons. The number of aromatic nitrogens is 2. The van der Waals surface area contributed by atoms with E-state index in [1.807, 2.05) is 77.5 Å². The van der Waals surface area contributed by atoms with Gasteiger partial charge in [0.2, 0.25) is 5.91 Å². The van der Waals surface area contributed by atoms with E-state index in [1.54, 1.807) is 4.90 Å². The maximum Gasteiger partial charge on any atom is 0.251 e. The van der Waals surface area contributed by atoms with Crippen LogP contribution in [-0.2, 0) is 24.3 Å². The van der Waals surface area contributed by atoms with Crippen LogP contribution < -0.4 is 10.2 Å². The van der Waals surface area contributed by atoms with Crippen molar-refractivity contribution < 1.29 is 9.59 Å². The number of hydrogen-bond donors (Lipinski definition) is 1. The van der Waals surface area contributed by atoms with Crippen LogP contribution >= 0.6 is 11.6 Å². The van der Waals surface area contributed by atoms with Crippen LogP contribution in [0.4, 0.5) is 5.82 Å². The Morgan fingerprint density at radius 3 is 2.44 bits per heavy atom. The van der Waals surface area contributed by atoms with Gasteiger partial charge in [0.05, 0.1) is 18.8 Å². The minimum atomic E-state index is -0.0886. The zero-order valence-electron chi connectivity index (χ0n) is 19.9. The quantitative estimate of drug-likeness (QED) is 0.326. The molecule has 2 heterocycles. The van der Waals surface area contributed by atoms with Gasteiger partial charge in [0.1, 0.15) is 5.82 Å². The lowest BCUT2D eigenvalue weighted by Crippen LogP contribution is -2.36. The molecule has 36 heavy (non-hydrogen) atoms. The third-order valence-corrected chi connectivity index (χ3v) is 6.59. The van der Waals surface area contributed by atoms with Gasteiger partial charge >= 0.3 is 0 Å². The van der Waals surface area contributed by atoms with Crippen molar-refractivity contribution in [3.63, 3.8) is 0 Å². The van der Waals surface area contributed by atoms with E-state index < -0.39 is 0 Å². The first-order valence-corrected chi connectivity index (χ1v) is 12.5. The molecule has 182 valence electrons. The number of rotatable bonds is 8. The summed E-state index contributed by atoms with van der Waals surface area (Å²) >= 11 is 6.01. The summed E-state index contributed by atoms with van der Waals surface area (Å²) in [5.41, 5.74) is 4.59. The Kier molecular flexibility index (Phi) is 7.14. The van der Waals surface area contributed by atoms with Gasteiger partial charge in [0, 0.05) is 35.2 Å². The third-order valence-electron chi connectivity index (χ3n) is 6.34. The number of fused-ring (bicyclic) bond motifs is 1. The van der Waals surface area contributed by atoms with Crippen LogP contribution in [0.15, 0.2) is 84.9 Å². The van der Waals surface area contributed by atoms with Crippen LogP contribution in [0.2, 0.25) is 5.02 Å². The Morgan fingerprint density at radius 1 is 0.944 bits per heavy atom. The molecule has 5 rings (SSSR count). The molecule has 0 aliphatic carbocycles. The van der Waals surface area contributed by atoms with Crippen molar-refractivity contribution in [1.29, 1.82) is 0 Å². The van der Waals surface area contributed by atoms with E-state index in [9.17, 15) is 9.59 Å². The first-order chi connectivity index (χ1) is 17.6. The summed E-state index contributed by atoms with van der Waals surface area (Å²) in [4.78, 5) is 27.1. The molecule has 3 aromatic carbocycles. The minimum Gasteiger partial charge on any atom is -0.352 e.